The second-order valence-corrected chi connectivity index (χ2v) is 4.13. The van der Waals surface area contributed by atoms with Gasteiger partial charge >= 0.3 is 0 Å². The minimum absolute atomic E-state index is 0.0490. The topological polar surface area (TPSA) is 66.5 Å². The molecule has 0 aliphatic heterocycles. The first-order valence-corrected chi connectivity index (χ1v) is 5.29. The standard InChI is InChI=1S/C10H13BrFNO2/c1-5-2-3-6(12)8(9(5)11)10(15)7(14)4-13/h2-3,7,10,14-15H,4,13H2,1H3. The molecule has 0 aliphatic rings. The Balaban J connectivity index is 3.18. The van der Waals surface area contributed by atoms with Crippen molar-refractivity contribution in [3.05, 3.63) is 33.5 Å². The molecule has 0 bridgehead atoms. The molecule has 0 saturated heterocycles. The van der Waals surface area contributed by atoms with Crippen LogP contribution >= 0.6 is 15.9 Å². The van der Waals surface area contributed by atoms with Crippen LogP contribution in [0.1, 0.15) is 17.2 Å². The van der Waals surface area contributed by atoms with Crippen LogP contribution in [0.5, 0.6) is 0 Å². The molecule has 0 fully saturated rings. The second kappa shape index (κ2) is 5.03. The van der Waals surface area contributed by atoms with E-state index in [-0.39, 0.29) is 12.1 Å². The van der Waals surface area contributed by atoms with E-state index in [2.05, 4.69) is 15.9 Å². The molecule has 3 nitrogen and oxygen atoms in total. The normalized spacial score (nSPS) is 15.1. The van der Waals surface area contributed by atoms with Gasteiger partial charge in [0.25, 0.3) is 0 Å². The molecule has 1 rings (SSSR count). The van der Waals surface area contributed by atoms with Crippen molar-refractivity contribution in [1.29, 1.82) is 0 Å². The Morgan fingerprint density at radius 3 is 2.60 bits per heavy atom. The molecular weight excluding hydrogens is 265 g/mol. The van der Waals surface area contributed by atoms with Crippen molar-refractivity contribution < 1.29 is 14.6 Å². The smallest absolute Gasteiger partial charge is 0.130 e. The second-order valence-electron chi connectivity index (χ2n) is 3.34. The van der Waals surface area contributed by atoms with Crippen molar-refractivity contribution in [3.63, 3.8) is 0 Å². The van der Waals surface area contributed by atoms with Gasteiger partial charge in [-0.05, 0) is 18.6 Å². The van der Waals surface area contributed by atoms with Gasteiger partial charge in [-0.1, -0.05) is 22.0 Å². The predicted octanol–water partition coefficient (Wildman–Crippen LogP) is 1.25. The lowest BCUT2D eigenvalue weighted by molar-refractivity contribution is 0.0217. The summed E-state index contributed by atoms with van der Waals surface area (Å²) in [5, 5.41) is 19.0. The van der Waals surface area contributed by atoms with Crippen LogP contribution in [0, 0.1) is 12.7 Å². The molecule has 1 aromatic carbocycles. The van der Waals surface area contributed by atoms with Crippen LogP contribution in [0.15, 0.2) is 16.6 Å². The fourth-order valence-electron chi connectivity index (χ4n) is 1.27. The number of aliphatic hydroxyl groups excluding tert-OH is 2. The fourth-order valence-corrected chi connectivity index (χ4v) is 1.83. The van der Waals surface area contributed by atoms with E-state index >= 15 is 0 Å². The molecule has 0 spiro atoms. The van der Waals surface area contributed by atoms with Gasteiger partial charge in [0.2, 0.25) is 0 Å². The van der Waals surface area contributed by atoms with Crippen LogP contribution in [-0.2, 0) is 0 Å². The van der Waals surface area contributed by atoms with Crippen LogP contribution in [0.3, 0.4) is 0 Å². The van der Waals surface area contributed by atoms with Gasteiger partial charge in [-0.15, -0.1) is 0 Å². The highest BCUT2D eigenvalue weighted by molar-refractivity contribution is 9.10. The Kier molecular flexibility index (Phi) is 4.21. The molecule has 0 aromatic heterocycles. The third-order valence-electron chi connectivity index (χ3n) is 2.22. The molecule has 0 amide bonds. The van der Waals surface area contributed by atoms with E-state index in [9.17, 15) is 14.6 Å². The zero-order chi connectivity index (χ0) is 11.6. The molecule has 84 valence electrons. The maximum atomic E-state index is 13.4. The van der Waals surface area contributed by atoms with Crippen molar-refractivity contribution in [2.45, 2.75) is 19.1 Å². The molecule has 0 aliphatic carbocycles. The Bertz CT molecular complexity index is 360. The quantitative estimate of drug-likeness (QED) is 0.779. The summed E-state index contributed by atoms with van der Waals surface area (Å²) >= 11 is 3.18. The highest BCUT2D eigenvalue weighted by atomic mass is 79.9. The van der Waals surface area contributed by atoms with Crippen molar-refractivity contribution in [1.82, 2.24) is 0 Å². The van der Waals surface area contributed by atoms with Crippen LogP contribution in [0.4, 0.5) is 4.39 Å². The van der Waals surface area contributed by atoms with Crippen molar-refractivity contribution in [2.24, 2.45) is 5.73 Å². The summed E-state index contributed by atoms with van der Waals surface area (Å²) in [5.74, 6) is -0.563. The lowest BCUT2D eigenvalue weighted by Gasteiger charge is -2.19. The van der Waals surface area contributed by atoms with E-state index in [0.717, 1.165) is 5.56 Å². The van der Waals surface area contributed by atoms with Gasteiger partial charge < -0.3 is 15.9 Å². The first-order valence-electron chi connectivity index (χ1n) is 4.49. The van der Waals surface area contributed by atoms with E-state index < -0.39 is 18.0 Å². The van der Waals surface area contributed by atoms with Gasteiger partial charge in [0.05, 0.1) is 6.10 Å². The van der Waals surface area contributed by atoms with Crippen molar-refractivity contribution >= 4 is 15.9 Å². The lowest BCUT2D eigenvalue weighted by atomic mass is 10.0. The number of halogens is 2. The number of aryl methyl sites for hydroxylation is 1. The van der Waals surface area contributed by atoms with Crippen LogP contribution < -0.4 is 5.73 Å². The summed E-state index contributed by atoms with van der Waals surface area (Å²) in [6.45, 7) is 1.65. The first-order chi connectivity index (χ1) is 6.99. The number of aliphatic hydroxyl groups is 2. The minimum Gasteiger partial charge on any atom is -0.389 e. The van der Waals surface area contributed by atoms with Gasteiger partial charge in [-0.2, -0.15) is 0 Å². The highest BCUT2D eigenvalue weighted by Crippen LogP contribution is 2.30. The zero-order valence-corrected chi connectivity index (χ0v) is 9.83. The van der Waals surface area contributed by atoms with Crippen LogP contribution in [0.25, 0.3) is 0 Å². The van der Waals surface area contributed by atoms with Crippen LogP contribution in [-0.4, -0.2) is 22.9 Å². The Morgan fingerprint density at radius 1 is 1.47 bits per heavy atom. The molecule has 4 N–H and O–H groups in total. The predicted molar refractivity (Wildman–Crippen MR) is 58.9 cm³/mol. The molecule has 0 saturated carbocycles. The Morgan fingerprint density at radius 2 is 2.07 bits per heavy atom. The number of benzene rings is 1. The molecule has 1 aromatic rings. The van der Waals surface area contributed by atoms with Gasteiger partial charge in [0.1, 0.15) is 11.9 Å². The van der Waals surface area contributed by atoms with E-state index in [0.29, 0.717) is 4.47 Å². The Hall–Kier alpha value is -0.490. The fraction of sp³-hybridized carbons (Fsp3) is 0.400. The molecule has 0 radical (unpaired) electrons. The average molecular weight is 278 g/mol. The average Bonchev–Trinajstić information content (AvgIpc) is 2.22. The van der Waals surface area contributed by atoms with E-state index in [1.54, 1.807) is 13.0 Å². The summed E-state index contributed by atoms with van der Waals surface area (Å²) in [7, 11) is 0. The number of nitrogens with two attached hydrogens (primary N) is 1. The SMILES string of the molecule is Cc1ccc(F)c(C(O)C(O)CN)c1Br. The van der Waals surface area contributed by atoms with Crippen molar-refractivity contribution in [3.8, 4) is 0 Å². The largest absolute Gasteiger partial charge is 0.389 e. The maximum Gasteiger partial charge on any atom is 0.130 e. The zero-order valence-electron chi connectivity index (χ0n) is 8.24. The Labute approximate surface area is 95.9 Å². The number of rotatable bonds is 3. The highest BCUT2D eigenvalue weighted by Gasteiger charge is 2.23. The monoisotopic (exact) mass is 277 g/mol. The molecule has 2 unspecified atom stereocenters. The molecule has 15 heavy (non-hydrogen) atoms. The van der Waals surface area contributed by atoms with E-state index in [1.807, 2.05) is 0 Å². The number of hydrogen-bond donors (Lipinski definition) is 3. The van der Waals surface area contributed by atoms with Gasteiger partial charge in [0, 0.05) is 16.6 Å². The van der Waals surface area contributed by atoms with Crippen molar-refractivity contribution in [2.75, 3.05) is 6.54 Å². The van der Waals surface area contributed by atoms with E-state index in [1.165, 1.54) is 6.07 Å². The maximum absolute atomic E-state index is 13.4. The summed E-state index contributed by atoms with van der Waals surface area (Å²) < 4.78 is 13.9. The minimum atomic E-state index is -1.32. The summed E-state index contributed by atoms with van der Waals surface area (Å²) in [4.78, 5) is 0. The third kappa shape index (κ3) is 2.55. The molecule has 2 atom stereocenters. The van der Waals surface area contributed by atoms with E-state index in [4.69, 9.17) is 5.73 Å². The number of hydrogen-bond acceptors (Lipinski definition) is 3. The first kappa shape index (κ1) is 12.6. The summed E-state index contributed by atoms with van der Waals surface area (Å²) in [5.41, 5.74) is 6.04. The third-order valence-corrected chi connectivity index (χ3v) is 3.27. The lowest BCUT2D eigenvalue weighted by Crippen LogP contribution is -2.28. The van der Waals surface area contributed by atoms with Gasteiger partial charge in [-0.25, -0.2) is 4.39 Å². The summed E-state index contributed by atoms with van der Waals surface area (Å²) in [6, 6.07) is 2.84. The summed E-state index contributed by atoms with van der Waals surface area (Å²) in [6.07, 6.45) is -2.48. The molecule has 5 heteroatoms. The van der Waals surface area contributed by atoms with Gasteiger partial charge in [-0.3, -0.25) is 0 Å². The molecule has 0 heterocycles. The van der Waals surface area contributed by atoms with Crippen LogP contribution in [0.2, 0.25) is 0 Å². The molecular formula is C10H13BrFNO2. The van der Waals surface area contributed by atoms with Gasteiger partial charge in [0.15, 0.2) is 0 Å².